The van der Waals surface area contributed by atoms with Gasteiger partial charge in [-0.25, -0.2) is 0 Å². The van der Waals surface area contributed by atoms with Crippen molar-refractivity contribution in [1.29, 1.82) is 0 Å². The predicted molar refractivity (Wildman–Crippen MR) is 77.1 cm³/mol. The lowest BCUT2D eigenvalue weighted by Gasteiger charge is -2.27. The zero-order chi connectivity index (χ0) is 11.5. The molecule has 3 nitrogen and oxygen atoms in total. The highest BCUT2D eigenvalue weighted by Gasteiger charge is 2.11. The molecule has 96 valence electrons. The highest BCUT2D eigenvalue weighted by molar-refractivity contribution is 5.85. The van der Waals surface area contributed by atoms with Crippen molar-refractivity contribution in [3.05, 3.63) is 42.1 Å². The Hall–Kier alpha value is -1.16. The van der Waals surface area contributed by atoms with Gasteiger partial charge in [0.05, 0.1) is 5.52 Å². The summed E-state index contributed by atoms with van der Waals surface area (Å²) in [6.07, 6.45) is 1.92. The Labute approximate surface area is 114 Å². The molecule has 1 N–H and O–H groups in total. The number of hydrogen-bond acceptors (Lipinski definition) is 3. The molecule has 1 aromatic carbocycles. The van der Waals surface area contributed by atoms with Crippen molar-refractivity contribution in [2.45, 2.75) is 6.54 Å². The van der Waals surface area contributed by atoms with Crippen molar-refractivity contribution in [2.75, 3.05) is 26.2 Å². The van der Waals surface area contributed by atoms with Gasteiger partial charge in [-0.3, -0.25) is 9.88 Å². The van der Waals surface area contributed by atoms with Gasteiger partial charge in [-0.15, -0.1) is 12.4 Å². The van der Waals surface area contributed by atoms with Gasteiger partial charge in [-0.2, -0.15) is 0 Å². The predicted octanol–water partition coefficient (Wildman–Crippen LogP) is 2.06. The van der Waals surface area contributed by atoms with Crippen molar-refractivity contribution in [3.63, 3.8) is 0 Å². The van der Waals surface area contributed by atoms with Crippen LogP contribution in [0.25, 0.3) is 10.9 Å². The van der Waals surface area contributed by atoms with Crippen LogP contribution in [0, 0.1) is 0 Å². The maximum Gasteiger partial charge on any atom is 0.0705 e. The molecule has 1 fully saturated rings. The molecule has 0 atom stereocenters. The molecular formula is C14H18ClN3. The first-order valence-electron chi connectivity index (χ1n) is 6.19. The van der Waals surface area contributed by atoms with E-state index in [1.165, 1.54) is 10.9 Å². The number of hydrogen-bond donors (Lipinski definition) is 1. The molecule has 0 amide bonds. The van der Waals surface area contributed by atoms with Crippen LogP contribution in [0.5, 0.6) is 0 Å². The van der Waals surface area contributed by atoms with E-state index in [2.05, 4.69) is 39.5 Å². The Morgan fingerprint density at radius 2 is 1.89 bits per heavy atom. The first-order valence-corrected chi connectivity index (χ1v) is 6.19. The molecule has 0 unspecified atom stereocenters. The molecule has 1 aliphatic rings. The minimum Gasteiger partial charge on any atom is -0.314 e. The van der Waals surface area contributed by atoms with E-state index in [9.17, 15) is 0 Å². The summed E-state index contributed by atoms with van der Waals surface area (Å²) < 4.78 is 0. The number of benzene rings is 1. The van der Waals surface area contributed by atoms with E-state index in [-0.39, 0.29) is 12.4 Å². The van der Waals surface area contributed by atoms with E-state index in [4.69, 9.17) is 0 Å². The van der Waals surface area contributed by atoms with Gasteiger partial charge in [0.15, 0.2) is 0 Å². The zero-order valence-electron chi connectivity index (χ0n) is 10.3. The van der Waals surface area contributed by atoms with Crippen LogP contribution in [-0.2, 0) is 6.54 Å². The van der Waals surface area contributed by atoms with Crippen LogP contribution in [0.4, 0.5) is 0 Å². The number of nitrogens with zero attached hydrogens (tertiary/aromatic N) is 2. The lowest BCUT2D eigenvalue weighted by molar-refractivity contribution is 0.234. The van der Waals surface area contributed by atoms with Crippen LogP contribution in [-0.4, -0.2) is 36.1 Å². The van der Waals surface area contributed by atoms with Crippen LogP contribution in [0.15, 0.2) is 36.5 Å². The molecule has 0 aliphatic carbocycles. The van der Waals surface area contributed by atoms with E-state index in [0.717, 1.165) is 38.2 Å². The Morgan fingerprint density at radius 1 is 1.11 bits per heavy atom. The number of pyridine rings is 1. The molecule has 0 spiro atoms. The molecular weight excluding hydrogens is 246 g/mol. The normalized spacial score (nSPS) is 16.4. The van der Waals surface area contributed by atoms with Crippen molar-refractivity contribution in [3.8, 4) is 0 Å². The topological polar surface area (TPSA) is 28.2 Å². The number of piperazine rings is 1. The summed E-state index contributed by atoms with van der Waals surface area (Å²) in [5, 5.41) is 4.67. The molecule has 1 aliphatic heterocycles. The minimum atomic E-state index is 0. The minimum absolute atomic E-state index is 0. The molecule has 3 rings (SSSR count). The molecule has 2 aromatic rings. The number of halogens is 1. The van der Waals surface area contributed by atoms with Gasteiger partial charge in [0, 0.05) is 44.3 Å². The van der Waals surface area contributed by atoms with Gasteiger partial charge < -0.3 is 5.32 Å². The maximum atomic E-state index is 4.40. The summed E-state index contributed by atoms with van der Waals surface area (Å²) in [6.45, 7) is 5.50. The highest BCUT2D eigenvalue weighted by Crippen LogP contribution is 2.17. The van der Waals surface area contributed by atoms with E-state index >= 15 is 0 Å². The van der Waals surface area contributed by atoms with Crippen molar-refractivity contribution < 1.29 is 0 Å². The van der Waals surface area contributed by atoms with E-state index < -0.39 is 0 Å². The number of para-hydroxylation sites is 1. The summed E-state index contributed by atoms with van der Waals surface area (Å²) in [5.41, 5.74) is 2.48. The first kappa shape index (κ1) is 13.3. The van der Waals surface area contributed by atoms with E-state index in [1.54, 1.807) is 0 Å². The summed E-state index contributed by atoms with van der Waals surface area (Å²) >= 11 is 0. The average Bonchev–Trinajstić information content (AvgIpc) is 2.40. The van der Waals surface area contributed by atoms with Gasteiger partial charge >= 0.3 is 0 Å². The Morgan fingerprint density at radius 3 is 2.72 bits per heavy atom. The molecule has 18 heavy (non-hydrogen) atoms. The SMILES string of the molecule is Cl.c1ccc2c(CN3CCNCC3)ccnc2c1. The molecule has 2 heterocycles. The first-order chi connectivity index (χ1) is 8.43. The monoisotopic (exact) mass is 263 g/mol. The van der Waals surface area contributed by atoms with Gasteiger partial charge in [0.1, 0.15) is 0 Å². The van der Waals surface area contributed by atoms with Crippen LogP contribution in [0.3, 0.4) is 0 Å². The molecule has 0 radical (unpaired) electrons. The average molecular weight is 264 g/mol. The van der Waals surface area contributed by atoms with Gasteiger partial charge in [0.25, 0.3) is 0 Å². The second-order valence-corrected chi connectivity index (χ2v) is 4.51. The van der Waals surface area contributed by atoms with Crippen molar-refractivity contribution >= 4 is 23.3 Å². The van der Waals surface area contributed by atoms with Gasteiger partial charge in [-0.1, -0.05) is 18.2 Å². The number of aromatic nitrogens is 1. The third kappa shape index (κ3) is 2.80. The number of fused-ring (bicyclic) bond motifs is 1. The number of nitrogens with one attached hydrogen (secondary N) is 1. The molecule has 0 bridgehead atoms. The molecule has 0 saturated carbocycles. The Bertz CT molecular complexity index is 504. The fraction of sp³-hybridized carbons (Fsp3) is 0.357. The standard InChI is InChI=1S/C14H17N3.ClH/c1-2-4-14-13(3-1)12(5-6-16-14)11-17-9-7-15-8-10-17;/h1-6,15H,7-11H2;1H. The van der Waals surface area contributed by atoms with E-state index in [0.29, 0.717) is 0 Å². The highest BCUT2D eigenvalue weighted by atomic mass is 35.5. The lowest BCUT2D eigenvalue weighted by Crippen LogP contribution is -2.42. The summed E-state index contributed by atoms with van der Waals surface area (Å²) in [4.78, 5) is 6.90. The summed E-state index contributed by atoms with van der Waals surface area (Å²) in [6, 6.07) is 10.5. The Balaban J connectivity index is 0.00000120. The van der Waals surface area contributed by atoms with Crippen molar-refractivity contribution in [2.24, 2.45) is 0 Å². The van der Waals surface area contributed by atoms with Crippen LogP contribution in [0.1, 0.15) is 5.56 Å². The second kappa shape index (κ2) is 6.14. The quantitative estimate of drug-likeness (QED) is 0.899. The zero-order valence-corrected chi connectivity index (χ0v) is 11.1. The van der Waals surface area contributed by atoms with Gasteiger partial charge in [0.2, 0.25) is 0 Å². The largest absolute Gasteiger partial charge is 0.314 e. The van der Waals surface area contributed by atoms with E-state index in [1.807, 2.05) is 12.3 Å². The number of rotatable bonds is 2. The van der Waals surface area contributed by atoms with Crippen LogP contribution < -0.4 is 5.32 Å². The summed E-state index contributed by atoms with van der Waals surface area (Å²) in [7, 11) is 0. The fourth-order valence-electron chi connectivity index (χ4n) is 2.40. The third-order valence-corrected chi connectivity index (χ3v) is 3.34. The Kier molecular flexibility index (Phi) is 4.53. The molecule has 1 saturated heterocycles. The lowest BCUT2D eigenvalue weighted by atomic mass is 10.1. The maximum absolute atomic E-state index is 4.40. The van der Waals surface area contributed by atoms with Gasteiger partial charge in [-0.05, 0) is 17.7 Å². The summed E-state index contributed by atoms with van der Waals surface area (Å²) in [5.74, 6) is 0. The fourth-order valence-corrected chi connectivity index (χ4v) is 2.40. The van der Waals surface area contributed by atoms with Crippen LogP contribution in [0.2, 0.25) is 0 Å². The molecule has 1 aromatic heterocycles. The van der Waals surface area contributed by atoms with Crippen LogP contribution >= 0.6 is 12.4 Å². The van der Waals surface area contributed by atoms with Crippen molar-refractivity contribution in [1.82, 2.24) is 15.2 Å². The molecule has 4 heteroatoms. The third-order valence-electron chi connectivity index (χ3n) is 3.34. The second-order valence-electron chi connectivity index (χ2n) is 4.51. The smallest absolute Gasteiger partial charge is 0.0705 e.